The zero-order chi connectivity index (χ0) is 22.8. The van der Waals surface area contributed by atoms with Gasteiger partial charge in [-0.3, -0.25) is 4.79 Å². The molecule has 32 heavy (non-hydrogen) atoms. The summed E-state index contributed by atoms with van der Waals surface area (Å²) in [6.45, 7) is 4.65. The number of halogens is 1. The van der Waals surface area contributed by atoms with Crippen molar-refractivity contribution in [1.29, 1.82) is 0 Å². The Bertz CT molecular complexity index is 562. The molecule has 0 unspecified atom stereocenters. The molecule has 0 fully saturated rings. The Balaban J connectivity index is 0.00000961. The van der Waals surface area contributed by atoms with Crippen LogP contribution in [-0.4, -0.2) is 49.5 Å². The second kappa shape index (κ2) is 19.4. The number of amides is 1. The summed E-state index contributed by atoms with van der Waals surface area (Å²) in [5.41, 5.74) is 1.19. The first-order chi connectivity index (χ1) is 14.9. The Morgan fingerprint density at radius 2 is 1.19 bits per heavy atom. The number of rotatable bonds is 19. The average Bonchev–Trinajstić information content (AvgIpc) is 2.74. The van der Waals surface area contributed by atoms with Gasteiger partial charge in [0.15, 0.2) is 6.54 Å². The number of quaternary nitrogens is 1. The third kappa shape index (κ3) is 16.6. The second-order valence-corrected chi connectivity index (χ2v) is 10.1. The molecule has 186 valence electrons. The van der Waals surface area contributed by atoms with Crippen molar-refractivity contribution < 1.29 is 21.7 Å². The van der Waals surface area contributed by atoms with Crippen LogP contribution in [0.1, 0.15) is 102 Å². The zero-order valence-electron chi connectivity index (χ0n) is 21.6. The lowest BCUT2D eigenvalue weighted by molar-refractivity contribution is -0.883. The van der Waals surface area contributed by atoms with Crippen LogP contribution in [0, 0.1) is 0 Å². The third-order valence-corrected chi connectivity index (χ3v) is 6.37. The van der Waals surface area contributed by atoms with Crippen molar-refractivity contribution in [3.05, 3.63) is 35.9 Å². The first-order valence-corrected chi connectivity index (χ1v) is 13.0. The van der Waals surface area contributed by atoms with E-state index in [0.717, 1.165) is 11.0 Å². The molecule has 4 heteroatoms. The molecule has 0 aliphatic rings. The summed E-state index contributed by atoms with van der Waals surface area (Å²) < 4.78 is 0.788. The van der Waals surface area contributed by atoms with Crippen LogP contribution in [0.4, 0.5) is 0 Å². The van der Waals surface area contributed by atoms with Gasteiger partial charge in [0.2, 0.25) is 0 Å². The summed E-state index contributed by atoms with van der Waals surface area (Å²) in [7, 11) is 6.30. The first kappa shape index (κ1) is 30.9. The van der Waals surface area contributed by atoms with Gasteiger partial charge in [0.05, 0.1) is 20.6 Å². The van der Waals surface area contributed by atoms with Gasteiger partial charge in [0.25, 0.3) is 5.91 Å². The van der Waals surface area contributed by atoms with Gasteiger partial charge < -0.3 is 21.8 Å². The first-order valence-electron chi connectivity index (χ1n) is 13.0. The van der Waals surface area contributed by atoms with E-state index in [9.17, 15) is 4.79 Å². The number of carbonyl (C=O) groups is 1. The van der Waals surface area contributed by atoms with Gasteiger partial charge in [0, 0.05) is 13.6 Å². The molecule has 0 saturated heterocycles. The van der Waals surface area contributed by atoms with Crippen LogP contribution >= 0.6 is 0 Å². The summed E-state index contributed by atoms with van der Waals surface area (Å²) in [6.07, 6.45) is 19.4. The van der Waals surface area contributed by atoms with Crippen LogP contribution in [0.15, 0.2) is 30.3 Å². The van der Waals surface area contributed by atoms with Gasteiger partial charge in [-0.1, -0.05) is 114 Å². The fraction of sp³-hybridized carbons (Fsp3) is 0.750. The van der Waals surface area contributed by atoms with Gasteiger partial charge >= 0.3 is 0 Å². The van der Waals surface area contributed by atoms with E-state index in [0.29, 0.717) is 13.1 Å². The third-order valence-electron chi connectivity index (χ3n) is 6.37. The van der Waals surface area contributed by atoms with Crippen molar-refractivity contribution in [3.63, 3.8) is 0 Å². The molecule has 1 amide bonds. The maximum Gasteiger partial charge on any atom is 0.277 e. The van der Waals surface area contributed by atoms with E-state index in [1.165, 1.54) is 95.5 Å². The summed E-state index contributed by atoms with van der Waals surface area (Å²) in [5, 5.41) is 0. The number of likely N-dealkylation sites (N-methyl/N-ethyl adjacent to an activating group) is 2. The van der Waals surface area contributed by atoms with Gasteiger partial charge in [-0.25, -0.2) is 0 Å². The summed E-state index contributed by atoms with van der Waals surface area (Å²) in [6, 6.07) is 10.2. The Labute approximate surface area is 206 Å². The Morgan fingerprint density at radius 3 is 1.66 bits per heavy atom. The predicted octanol–water partition coefficient (Wildman–Crippen LogP) is 4.21. The van der Waals surface area contributed by atoms with Crippen molar-refractivity contribution in [2.75, 3.05) is 34.2 Å². The van der Waals surface area contributed by atoms with E-state index >= 15 is 0 Å². The number of hydrogen-bond donors (Lipinski definition) is 0. The second-order valence-electron chi connectivity index (χ2n) is 10.1. The molecule has 0 N–H and O–H groups in total. The van der Waals surface area contributed by atoms with Crippen molar-refractivity contribution in [3.8, 4) is 0 Å². The molecular weight excluding hydrogens is 416 g/mol. The molecule has 0 atom stereocenters. The monoisotopic (exact) mass is 466 g/mol. The molecule has 1 rings (SSSR count). The maximum atomic E-state index is 12.6. The SMILES string of the molecule is CCCCCCCCCCCCCCCC[N+](C)(C)CC(=O)N(C)Cc1ccccc1.[Cl-]. The van der Waals surface area contributed by atoms with E-state index in [1.807, 2.05) is 30.1 Å². The number of unbranched alkanes of at least 4 members (excludes halogenated alkanes) is 13. The summed E-state index contributed by atoms with van der Waals surface area (Å²) in [4.78, 5) is 14.5. The fourth-order valence-electron chi connectivity index (χ4n) is 4.25. The summed E-state index contributed by atoms with van der Waals surface area (Å²) >= 11 is 0. The smallest absolute Gasteiger partial charge is 0.277 e. The van der Waals surface area contributed by atoms with Crippen LogP contribution in [-0.2, 0) is 11.3 Å². The van der Waals surface area contributed by atoms with E-state index in [-0.39, 0.29) is 18.3 Å². The highest BCUT2D eigenvalue weighted by Gasteiger charge is 2.22. The average molecular weight is 467 g/mol. The lowest BCUT2D eigenvalue weighted by Crippen LogP contribution is -3.00. The molecule has 1 aromatic carbocycles. The molecule has 0 aromatic heterocycles. The lowest BCUT2D eigenvalue weighted by atomic mass is 10.0. The number of hydrogen-bond acceptors (Lipinski definition) is 1. The van der Waals surface area contributed by atoms with Gasteiger partial charge in [0.1, 0.15) is 0 Å². The number of benzene rings is 1. The van der Waals surface area contributed by atoms with Gasteiger partial charge in [-0.05, 0) is 18.4 Å². The van der Waals surface area contributed by atoms with E-state index < -0.39 is 0 Å². The molecule has 0 aliphatic heterocycles. The molecule has 0 heterocycles. The number of nitrogens with zero attached hydrogens (tertiary/aromatic N) is 2. The standard InChI is InChI=1S/C28H51N2O.ClH/c1-5-6-7-8-9-10-11-12-13-14-15-16-17-21-24-30(3,4)26-28(31)29(2)25-27-22-19-18-20-23-27;/h18-20,22-23H,5-17,21,24-26H2,1-4H3;1H/q+1;/p-1. The van der Waals surface area contributed by atoms with Gasteiger partial charge in [-0.2, -0.15) is 0 Å². The van der Waals surface area contributed by atoms with Crippen LogP contribution in [0.5, 0.6) is 0 Å². The Morgan fingerprint density at radius 1 is 0.750 bits per heavy atom. The Kier molecular flexibility index (Phi) is 18.8. The van der Waals surface area contributed by atoms with Crippen LogP contribution in [0.25, 0.3) is 0 Å². The Hall–Kier alpha value is -1.06. The molecule has 0 saturated carbocycles. The molecule has 0 radical (unpaired) electrons. The minimum atomic E-state index is 0. The minimum Gasteiger partial charge on any atom is -1.00 e. The van der Waals surface area contributed by atoms with E-state index in [1.54, 1.807) is 0 Å². The van der Waals surface area contributed by atoms with Crippen molar-refractivity contribution in [2.24, 2.45) is 0 Å². The quantitative estimate of drug-likeness (QED) is 0.221. The highest BCUT2D eigenvalue weighted by molar-refractivity contribution is 5.77. The maximum absolute atomic E-state index is 12.6. The molecule has 0 aliphatic carbocycles. The fourth-order valence-corrected chi connectivity index (χ4v) is 4.25. The molecule has 3 nitrogen and oxygen atoms in total. The van der Waals surface area contributed by atoms with Crippen molar-refractivity contribution in [1.82, 2.24) is 4.90 Å². The zero-order valence-corrected chi connectivity index (χ0v) is 22.3. The van der Waals surface area contributed by atoms with Crippen LogP contribution in [0.2, 0.25) is 0 Å². The molecular formula is C28H51ClN2O. The minimum absolute atomic E-state index is 0. The van der Waals surface area contributed by atoms with E-state index in [4.69, 9.17) is 0 Å². The normalized spacial score (nSPS) is 11.2. The topological polar surface area (TPSA) is 20.3 Å². The lowest BCUT2D eigenvalue weighted by Gasteiger charge is -2.31. The van der Waals surface area contributed by atoms with Crippen LogP contribution < -0.4 is 12.4 Å². The predicted molar refractivity (Wildman–Crippen MR) is 135 cm³/mol. The molecule has 1 aromatic rings. The largest absolute Gasteiger partial charge is 1.00 e. The molecule has 0 bridgehead atoms. The van der Waals surface area contributed by atoms with Crippen LogP contribution in [0.3, 0.4) is 0 Å². The van der Waals surface area contributed by atoms with Gasteiger partial charge in [-0.15, -0.1) is 0 Å². The van der Waals surface area contributed by atoms with Crippen molar-refractivity contribution in [2.45, 2.75) is 103 Å². The van der Waals surface area contributed by atoms with Crippen molar-refractivity contribution >= 4 is 5.91 Å². The number of carbonyl (C=O) groups excluding carboxylic acids is 1. The molecule has 0 spiro atoms. The highest BCUT2D eigenvalue weighted by Crippen LogP contribution is 2.14. The summed E-state index contributed by atoms with van der Waals surface area (Å²) in [5.74, 6) is 0.235. The highest BCUT2D eigenvalue weighted by atomic mass is 35.5. The van der Waals surface area contributed by atoms with E-state index in [2.05, 4.69) is 33.2 Å².